The van der Waals surface area contributed by atoms with Gasteiger partial charge in [0.15, 0.2) is 6.61 Å². The number of hydrogen-bond acceptors (Lipinski definition) is 5. The summed E-state index contributed by atoms with van der Waals surface area (Å²) in [6.45, 7) is 4.86. The van der Waals surface area contributed by atoms with Gasteiger partial charge in [0.2, 0.25) is 10.0 Å². The number of ether oxygens (including phenoxy) is 1. The lowest BCUT2D eigenvalue weighted by Gasteiger charge is -2.29. The average molecular weight is 397 g/mol. The van der Waals surface area contributed by atoms with Crippen LogP contribution in [-0.2, 0) is 24.3 Å². The van der Waals surface area contributed by atoms with Gasteiger partial charge in [-0.05, 0) is 55.9 Å². The van der Waals surface area contributed by atoms with Crippen LogP contribution in [0.25, 0.3) is 0 Å². The second kappa shape index (κ2) is 9.32. The fraction of sp³-hybridized carbons (Fsp3) is 0.579. The van der Waals surface area contributed by atoms with Crippen LogP contribution in [-0.4, -0.2) is 39.5 Å². The lowest BCUT2D eigenvalue weighted by Crippen LogP contribution is -2.43. The summed E-state index contributed by atoms with van der Waals surface area (Å²) in [6, 6.07) is 4.84. The van der Waals surface area contributed by atoms with Crippen molar-refractivity contribution in [2.24, 2.45) is 5.92 Å². The van der Waals surface area contributed by atoms with Crippen LogP contribution in [0.5, 0.6) is 0 Å². The van der Waals surface area contributed by atoms with E-state index in [0.717, 1.165) is 30.4 Å². The van der Waals surface area contributed by atoms with Gasteiger partial charge in [-0.3, -0.25) is 9.59 Å². The first-order valence-corrected chi connectivity index (χ1v) is 10.7. The molecule has 0 radical (unpaired) electrons. The highest BCUT2D eigenvalue weighted by molar-refractivity contribution is 7.89. The predicted octanol–water partition coefficient (Wildman–Crippen LogP) is 1.82. The number of sulfonamides is 1. The lowest BCUT2D eigenvalue weighted by atomic mass is 9.86. The fourth-order valence-corrected chi connectivity index (χ4v) is 4.15. The third-order valence-electron chi connectivity index (χ3n) is 5.02. The molecule has 0 heterocycles. The Labute approximate surface area is 160 Å². The van der Waals surface area contributed by atoms with Crippen molar-refractivity contribution < 1.29 is 22.7 Å². The number of benzene rings is 1. The summed E-state index contributed by atoms with van der Waals surface area (Å²) in [7, 11) is -3.81. The van der Waals surface area contributed by atoms with E-state index in [0.29, 0.717) is 5.92 Å². The molecule has 27 heavy (non-hydrogen) atoms. The van der Waals surface area contributed by atoms with Gasteiger partial charge in [-0.15, -0.1) is 0 Å². The number of aryl methyl sites for hydroxylation is 2. The van der Waals surface area contributed by atoms with E-state index in [2.05, 4.69) is 17.0 Å². The summed E-state index contributed by atoms with van der Waals surface area (Å²) in [5.41, 5.74) is 1.82. The summed E-state index contributed by atoms with van der Waals surface area (Å²) in [4.78, 5) is 23.8. The molecular formula is C19H28N2O5S. The Morgan fingerprint density at radius 1 is 1.15 bits per heavy atom. The minimum absolute atomic E-state index is 0.0856. The van der Waals surface area contributed by atoms with E-state index in [1.807, 2.05) is 13.8 Å². The maximum atomic E-state index is 12.2. The largest absolute Gasteiger partial charge is 0.455 e. The number of amides is 1. The second-order valence-corrected chi connectivity index (χ2v) is 8.93. The Morgan fingerprint density at radius 3 is 2.52 bits per heavy atom. The van der Waals surface area contributed by atoms with Crippen molar-refractivity contribution >= 4 is 21.9 Å². The normalized spacial score (nSPS) is 20.1. The topological polar surface area (TPSA) is 102 Å². The van der Waals surface area contributed by atoms with Crippen molar-refractivity contribution in [1.82, 2.24) is 10.0 Å². The summed E-state index contributed by atoms with van der Waals surface area (Å²) in [5, 5.41) is 2.88. The predicted molar refractivity (Wildman–Crippen MR) is 102 cm³/mol. The molecule has 0 saturated heterocycles. The van der Waals surface area contributed by atoms with Crippen LogP contribution in [0.2, 0.25) is 0 Å². The molecule has 2 atom stereocenters. The molecular weight excluding hydrogens is 368 g/mol. The van der Waals surface area contributed by atoms with Crippen LogP contribution in [0.1, 0.15) is 43.7 Å². The van der Waals surface area contributed by atoms with E-state index in [4.69, 9.17) is 4.74 Å². The second-order valence-electron chi connectivity index (χ2n) is 7.17. The molecule has 2 unspecified atom stereocenters. The molecule has 2 N–H and O–H groups in total. The number of rotatable bonds is 7. The van der Waals surface area contributed by atoms with Crippen molar-refractivity contribution in [2.75, 3.05) is 13.2 Å². The third kappa shape index (κ3) is 6.32. The number of hydrogen-bond donors (Lipinski definition) is 2. The first kappa shape index (κ1) is 21.4. The zero-order valence-corrected chi connectivity index (χ0v) is 16.9. The Balaban J connectivity index is 1.78. The quantitative estimate of drug-likeness (QED) is 0.685. The molecule has 7 nitrogen and oxygen atoms in total. The van der Waals surface area contributed by atoms with Gasteiger partial charge in [0, 0.05) is 6.04 Å². The van der Waals surface area contributed by atoms with E-state index >= 15 is 0 Å². The highest BCUT2D eigenvalue weighted by Crippen LogP contribution is 2.23. The van der Waals surface area contributed by atoms with Crippen molar-refractivity contribution in [2.45, 2.75) is 57.4 Å². The Hall–Kier alpha value is -1.93. The summed E-state index contributed by atoms with van der Waals surface area (Å²) >= 11 is 0. The maximum absolute atomic E-state index is 12.2. The molecule has 1 aliphatic carbocycles. The Bertz CT molecular complexity index is 791. The van der Waals surface area contributed by atoms with Gasteiger partial charge >= 0.3 is 5.97 Å². The first-order chi connectivity index (χ1) is 12.7. The number of esters is 1. The standard InChI is InChI=1S/C19H28N2O5S/c1-13-8-9-16(10-15(13)3)27(24,25)20-11-19(23)26-12-18(22)21-17-7-5-4-6-14(17)2/h8-10,14,17,20H,4-7,11-12H2,1-3H3,(H,21,22). The summed E-state index contributed by atoms with van der Waals surface area (Å²) < 4.78 is 31.6. The molecule has 1 amide bonds. The van der Waals surface area contributed by atoms with Gasteiger partial charge < -0.3 is 10.1 Å². The van der Waals surface area contributed by atoms with Gasteiger partial charge in [-0.25, -0.2) is 8.42 Å². The van der Waals surface area contributed by atoms with Crippen LogP contribution in [0, 0.1) is 19.8 Å². The molecule has 1 aromatic rings. The van der Waals surface area contributed by atoms with E-state index < -0.39 is 29.1 Å². The van der Waals surface area contributed by atoms with Gasteiger partial charge in [0.1, 0.15) is 6.54 Å². The van der Waals surface area contributed by atoms with Crippen LogP contribution in [0.4, 0.5) is 0 Å². The minimum Gasteiger partial charge on any atom is -0.455 e. The van der Waals surface area contributed by atoms with Gasteiger partial charge in [0.25, 0.3) is 5.91 Å². The molecule has 1 aromatic carbocycles. The number of carbonyl (C=O) groups is 2. The van der Waals surface area contributed by atoms with Crippen molar-refractivity contribution in [3.05, 3.63) is 29.3 Å². The molecule has 0 aromatic heterocycles. The van der Waals surface area contributed by atoms with Crippen molar-refractivity contribution in [3.8, 4) is 0 Å². The highest BCUT2D eigenvalue weighted by atomic mass is 32.2. The highest BCUT2D eigenvalue weighted by Gasteiger charge is 2.23. The van der Waals surface area contributed by atoms with Gasteiger partial charge in [-0.2, -0.15) is 4.72 Å². The van der Waals surface area contributed by atoms with Crippen LogP contribution < -0.4 is 10.0 Å². The molecule has 8 heteroatoms. The monoisotopic (exact) mass is 396 g/mol. The Kier molecular flexibility index (Phi) is 7.38. The summed E-state index contributed by atoms with van der Waals surface area (Å²) in [6.07, 6.45) is 4.25. The van der Waals surface area contributed by atoms with E-state index in [-0.39, 0.29) is 16.8 Å². The van der Waals surface area contributed by atoms with Crippen LogP contribution in [0.3, 0.4) is 0 Å². The number of nitrogens with one attached hydrogen (secondary N) is 2. The molecule has 1 saturated carbocycles. The Morgan fingerprint density at radius 2 is 1.85 bits per heavy atom. The van der Waals surface area contributed by atoms with Gasteiger partial charge in [0.05, 0.1) is 4.90 Å². The molecule has 150 valence electrons. The average Bonchev–Trinajstić information content (AvgIpc) is 2.62. The molecule has 1 aliphatic rings. The number of carbonyl (C=O) groups excluding carboxylic acids is 2. The molecule has 2 rings (SSSR count). The van der Waals surface area contributed by atoms with E-state index in [1.54, 1.807) is 12.1 Å². The fourth-order valence-electron chi connectivity index (χ4n) is 3.09. The zero-order valence-electron chi connectivity index (χ0n) is 16.1. The van der Waals surface area contributed by atoms with Crippen LogP contribution in [0.15, 0.2) is 23.1 Å². The van der Waals surface area contributed by atoms with Crippen LogP contribution >= 0.6 is 0 Å². The smallest absolute Gasteiger partial charge is 0.321 e. The van der Waals surface area contributed by atoms with Crippen molar-refractivity contribution in [3.63, 3.8) is 0 Å². The molecule has 0 bridgehead atoms. The lowest BCUT2D eigenvalue weighted by molar-refractivity contribution is -0.147. The molecule has 0 aliphatic heterocycles. The van der Waals surface area contributed by atoms with E-state index in [1.165, 1.54) is 12.5 Å². The van der Waals surface area contributed by atoms with E-state index in [9.17, 15) is 18.0 Å². The first-order valence-electron chi connectivity index (χ1n) is 9.21. The minimum atomic E-state index is -3.81. The van der Waals surface area contributed by atoms with Gasteiger partial charge in [-0.1, -0.05) is 25.8 Å². The maximum Gasteiger partial charge on any atom is 0.321 e. The molecule has 0 spiro atoms. The third-order valence-corrected chi connectivity index (χ3v) is 6.42. The summed E-state index contributed by atoms with van der Waals surface area (Å²) in [5.74, 6) is -0.753. The zero-order chi connectivity index (χ0) is 20.0. The molecule has 1 fully saturated rings. The van der Waals surface area contributed by atoms with Crippen molar-refractivity contribution in [1.29, 1.82) is 0 Å². The SMILES string of the molecule is Cc1ccc(S(=O)(=O)NCC(=O)OCC(=O)NC2CCCCC2C)cc1C.